The first-order valence-electron chi connectivity index (χ1n) is 6.06. The summed E-state index contributed by atoms with van der Waals surface area (Å²) in [6.45, 7) is 0.137. The van der Waals surface area contributed by atoms with Crippen LogP contribution >= 0.6 is 0 Å². The third kappa shape index (κ3) is 4.32. The number of nitrogens with one attached hydrogen (secondary N) is 1. The number of hydrogen-bond acceptors (Lipinski definition) is 4. The van der Waals surface area contributed by atoms with E-state index in [9.17, 15) is 9.59 Å². The van der Waals surface area contributed by atoms with E-state index in [1.54, 1.807) is 4.90 Å². The number of rotatable bonds is 6. The summed E-state index contributed by atoms with van der Waals surface area (Å²) < 4.78 is 0. The molecule has 17 heavy (non-hydrogen) atoms. The van der Waals surface area contributed by atoms with Gasteiger partial charge in [-0.05, 0) is 12.8 Å². The topological polar surface area (TPSA) is 95.7 Å². The molecule has 1 saturated carbocycles. The predicted octanol–water partition coefficient (Wildman–Crippen LogP) is -1.18. The lowest BCUT2D eigenvalue weighted by Gasteiger charge is -2.28. The van der Waals surface area contributed by atoms with E-state index in [0.29, 0.717) is 6.54 Å². The lowest BCUT2D eigenvalue weighted by atomic mass is 10.2. The SMILES string of the molecule is NCC(=O)NCC(=O)N(CCO)C1CCCC1. The largest absolute Gasteiger partial charge is 0.395 e. The molecule has 0 aromatic carbocycles. The summed E-state index contributed by atoms with van der Waals surface area (Å²) in [5, 5.41) is 11.4. The van der Waals surface area contributed by atoms with Crippen LogP contribution in [-0.2, 0) is 9.59 Å². The molecule has 4 N–H and O–H groups in total. The van der Waals surface area contributed by atoms with E-state index in [0.717, 1.165) is 25.7 Å². The van der Waals surface area contributed by atoms with Gasteiger partial charge in [0.15, 0.2) is 0 Å². The van der Waals surface area contributed by atoms with Crippen LogP contribution in [0.4, 0.5) is 0 Å². The van der Waals surface area contributed by atoms with Gasteiger partial charge in [0.1, 0.15) is 0 Å². The Morgan fingerprint density at radius 1 is 1.35 bits per heavy atom. The molecule has 0 spiro atoms. The van der Waals surface area contributed by atoms with E-state index in [2.05, 4.69) is 5.32 Å². The van der Waals surface area contributed by atoms with Gasteiger partial charge in [0.2, 0.25) is 11.8 Å². The fourth-order valence-corrected chi connectivity index (χ4v) is 2.18. The van der Waals surface area contributed by atoms with Crippen LogP contribution in [-0.4, -0.2) is 54.1 Å². The molecule has 0 aliphatic heterocycles. The first-order valence-corrected chi connectivity index (χ1v) is 6.06. The Morgan fingerprint density at radius 2 is 2.00 bits per heavy atom. The first kappa shape index (κ1) is 13.9. The number of carbonyl (C=O) groups excluding carboxylic acids is 2. The average Bonchev–Trinajstić information content (AvgIpc) is 2.86. The average molecular weight is 243 g/mol. The van der Waals surface area contributed by atoms with Crippen LogP contribution in [0.5, 0.6) is 0 Å². The maximum absolute atomic E-state index is 11.9. The number of nitrogens with zero attached hydrogens (tertiary/aromatic N) is 1. The number of nitrogens with two attached hydrogens (primary N) is 1. The summed E-state index contributed by atoms with van der Waals surface area (Å²) in [6, 6.07) is 0.212. The van der Waals surface area contributed by atoms with Gasteiger partial charge in [-0.1, -0.05) is 12.8 Å². The van der Waals surface area contributed by atoms with Crippen molar-refractivity contribution in [3.05, 3.63) is 0 Å². The fourth-order valence-electron chi connectivity index (χ4n) is 2.18. The van der Waals surface area contributed by atoms with Crippen molar-refractivity contribution in [1.29, 1.82) is 0 Å². The zero-order valence-corrected chi connectivity index (χ0v) is 10.0. The Hall–Kier alpha value is -1.14. The minimum Gasteiger partial charge on any atom is -0.395 e. The second kappa shape index (κ2) is 7.24. The molecule has 98 valence electrons. The number of carbonyl (C=O) groups is 2. The highest BCUT2D eigenvalue weighted by atomic mass is 16.3. The zero-order valence-electron chi connectivity index (χ0n) is 10.0. The van der Waals surface area contributed by atoms with Gasteiger partial charge >= 0.3 is 0 Å². The van der Waals surface area contributed by atoms with E-state index in [1.807, 2.05) is 0 Å². The second-order valence-electron chi connectivity index (χ2n) is 4.23. The van der Waals surface area contributed by atoms with Crippen molar-refractivity contribution in [2.24, 2.45) is 5.73 Å². The summed E-state index contributed by atoms with van der Waals surface area (Å²) >= 11 is 0. The number of aliphatic hydroxyl groups is 1. The van der Waals surface area contributed by atoms with Crippen molar-refractivity contribution >= 4 is 11.8 Å². The molecule has 1 rings (SSSR count). The van der Waals surface area contributed by atoms with E-state index in [4.69, 9.17) is 10.8 Å². The van der Waals surface area contributed by atoms with Gasteiger partial charge in [0.05, 0.1) is 19.7 Å². The van der Waals surface area contributed by atoms with Crippen molar-refractivity contribution in [3.8, 4) is 0 Å². The standard InChI is InChI=1S/C11H21N3O3/c12-7-10(16)13-8-11(17)14(5-6-15)9-3-1-2-4-9/h9,15H,1-8,12H2,(H,13,16). The Morgan fingerprint density at radius 3 is 2.53 bits per heavy atom. The van der Waals surface area contributed by atoms with Crippen LogP contribution in [0.15, 0.2) is 0 Å². The van der Waals surface area contributed by atoms with E-state index < -0.39 is 0 Å². The monoisotopic (exact) mass is 243 g/mol. The molecule has 2 amide bonds. The van der Waals surface area contributed by atoms with Gasteiger partial charge in [-0.2, -0.15) is 0 Å². The van der Waals surface area contributed by atoms with Crippen molar-refractivity contribution in [2.45, 2.75) is 31.7 Å². The summed E-state index contributed by atoms with van der Waals surface area (Å²) in [7, 11) is 0. The molecule has 6 heteroatoms. The molecule has 0 bridgehead atoms. The third-order valence-corrected chi connectivity index (χ3v) is 3.05. The first-order chi connectivity index (χ1) is 8.19. The molecule has 0 atom stereocenters. The van der Waals surface area contributed by atoms with Crippen LogP contribution < -0.4 is 11.1 Å². The van der Waals surface area contributed by atoms with Gasteiger partial charge in [-0.15, -0.1) is 0 Å². The van der Waals surface area contributed by atoms with Crippen LogP contribution in [0.1, 0.15) is 25.7 Å². The molecule has 0 radical (unpaired) electrons. The highest BCUT2D eigenvalue weighted by Gasteiger charge is 2.25. The molecule has 1 aliphatic carbocycles. The quantitative estimate of drug-likeness (QED) is 0.547. The molecule has 0 unspecified atom stereocenters. The number of aliphatic hydroxyl groups excluding tert-OH is 1. The molecule has 0 aromatic rings. The summed E-state index contributed by atoms with van der Waals surface area (Å²) in [5.74, 6) is -0.485. The van der Waals surface area contributed by atoms with E-state index in [1.165, 1.54) is 0 Å². The molecule has 0 aromatic heterocycles. The maximum Gasteiger partial charge on any atom is 0.242 e. The lowest BCUT2D eigenvalue weighted by molar-refractivity contribution is -0.135. The fraction of sp³-hybridized carbons (Fsp3) is 0.818. The second-order valence-corrected chi connectivity index (χ2v) is 4.23. The highest BCUT2D eigenvalue weighted by molar-refractivity contribution is 5.85. The van der Waals surface area contributed by atoms with Crippen molar-refractivity contribution in [3.63, 3.8) is 0 Å². The maximum atomic E-state index is 11.9. The molecule has 6 nitrogen and oxygen atoms in total. The zero-order chi connectivity index (χ0) is 12.7. The number of hydrogen-bond donors (Lipinski definition) is 3. The molecule has 1 fully saturated rings. The van der Waals surface area contributed by atoms with Crippen molar-refractivity contribution < 1.29 is 14.7 Å². The molecule has 0 heterocycles. The van der Waals surface area contributed by atoms with E-state index in [-0.39, 0.29) is 37.6 Å². The predicted molar refractivity (Wildman–Crippen MR) is 63.1 cm³/mol. The smallest absolute Gasteiger partial charge is 0.242 e. The van der Waals surface area contributed by atoms with Gasteiger partial charge in [0.25, 0.3) is 0 Å². The van der Waals surface area contributed by atoms with Crippen molar-refractivity contribution in [2.75, 3.05) is 26.2 Å². The van der Waals surface area contributed by atoms with Crippen LogP contribution in [0.3, 0.4) is 0 Å². The minimum absolute atomic E-state index is 0.0352. The minimum atomic E-state index is -0.339. The molecule has 0 saturated heterocycles. The Kier molecular flexibility index (Phi) is 5.93. The Bertz CT molecular complexity index is 265. The molecular formula is C11H21N3O3. The summed E-state index contributed by atoms with van der Waals surface area (Å²) in [4.78, 5) is 24.5. The summed E-state index contributed by atoms with van der Waals surface area (Å²) in [6.07, 6.45) is 4.21. The molecule has 1 aliphatic rings. The third-order valence-electron chi connectivity index (χ3n) is 3.05. The van der Waals surface area contributed by atoms with Crippen LogP contribution in [0.2, 0.25) is 0 Å². The van der Waals surface area contributed by atoms with Crippen LogP contribution in [0.25, 0.3) is 0 Å². The van der Waals surface area contributed by atoms with Gasteiger partial charge in [-0.3, -0.25) is 9.59 Å². The summed E-state index contributed by atoms with van der Waals surface area (Å²) in [5.41, 5.74) is 5.14. The Balaban J connectivity index is 2.45. The number of amides is 2. The van der Waals surface area contributed by atoms with Gasteiger partial charge in [0, 0.05) is 12.6 Å². The van der Waals surface area contributed by atoms with Crippen LogP contribution in [0, 0.1) is 0 Å². The lowest BCUT2D eigenvalue weighted by Crippen LogP contribution is -2.46. The molecular weight excluding hydrogens is 222 g/mol. The van der Waals surface area contributed by atoms with Crippen molar-refractivity contribution in [1.82, 2.24) is 10.2 Å². The normalized spacial score (nSPS) is 15.9. The van der Waals surface area contributed by atoms with Gasteiger partial charge < -0.3 is 21.1 Å². The highest BCUT2D eigenvalue weighted by Crippen LogP contribution is 2.23. The van der Waals surface area contributed by atoms with E-state index >= 15 is 0 Å². The van der Waals surface area contributed by atoms with Gasteiger partial charge in [-0.25, -0.2) is 0 Å². The Labute approximate surface area is 101 Å².